The standard InChI is InChI=1S/C13H22N2O2/c1-5-7-12(17-6-2)13-14-8-11(10(4)16)9(3)15-13/h8,10,12,16H,5-7H2,1-4H3. The molecule has 0 amide bonds. The molecule has 1 aromatic rings. The molecule has 0 bridgehead atoms. The van der Waals surface area contributed by atoms with Crippen molar-refractivity contribution in [1.82, 2.24) is 9.97 Å². The van der Waals surface area contributed by atoms with Crippen molar-refractivity contribution >= 4 is 0 Å². The van der Waals surface area contributed by atoms with Crippen molar-refractivity contribution in [3.63, 3.8) is 0 Å². The molecule has 17 heavy (non-hydrogen) atoms. The number of aliphatic hydroxyl groups is 1. The highest BCUT2D eigenvalue weighted by atomic mass is 16.5. The smallest absolute Gasteiger partial charge is 0.157 e. The van der Waals surface area contributed by atoms with Crippen LogP contribution in [0.15, 0.2) is 6.20 Å². The maximum absolute atomic E-state index is 9.53. The van der Waals surface area contributed by atoms with Gasteiger partial charge >= 0.3 is 0 Å². The first-order valence-corrected chi connectivity index (χ1v) is 6.23. The molecule has 0 aliphatic heterocycles. The molecule has 0 fully saturated rings. The van der Waals surface area contributed by atoms with Gasteiger partial charge < -0.3 is 9.84 Å². The van der Waals surface area contributed by atoms with Gasteiger partial charge in [-0.3, -0.25) is 0 Å². The van der Waals surface area contributed by atoms with Crippen LogP contribution in [0.5, 0.6) is 0 Å². The fourth-order valence-corrected chi connectivity index (χ4v) is 1.81. The summed E-state index contributed by atoms with van der Waals surface area (Å²) in [6.07, 6.45) is 3.09. The minimum absolute atomic E-state index is 0.0354. The minimum Gasteiger partial charge on any atom is -0.389 e. The quantitative estimate of drug-likeness (QED) is 0.828. The van der Waals surface area contributed by atoms with Crippen LogP contribution in [0, 0.1) is 6.92 Å². The minimum atomic E-state index is -0.527. The van der Waals surface area contributed by atoms with Crippen LogP contribution in [0.25, 0.3) is 0 Å². The van der Waals surface area contributed by atoms with Gasteiger partial charge in [0.15, 0.2) is 5.82 Å². The van der Waals surface area contributed by atoms with Crippen LogP contribution in [0.2, 0.25) is 0 Å². The fourth-order valence-electron chi connectivity index (χ4n) is 1.81. The third-order valence-electron chi connectivity index (χ3n) is 2.69. The van der Waals surface area contributed by atoms with Crippen LogP contribution in [-0.4, -0.2) is 21.7 Å². The lowest BCUT2D eigenvalue weighted by Crippen LogP contribution is -2.11. The summed E-state index contributed by atoms with van der Waals surface area (Å²) < 4.78 is 5.64. The van der Waals surface area contributed by atoms with E-state index in [4.69, 9.17) is 4.74 Å². The molecule has 2 atom stereocenters. The van der Waals surface area contributed by atoms with Crippen LogP contribution in [0.1, 0.15) is 62.9 Å². The summed E-state index contributed by atoms with van der Waals surface area (Å²) in [6, 6.07) is 0. The van der Waals surface area contributed by atoms with Gasteiger partial charge in [0.1, 0.15) is 6.10 Å². The Hall–Kier alpha value is -1.00. The number of rotatable bonds is 6. The Balaban J connectivity index is 2.93. The predicted octanol–water partition coefficient (Wildman–Crippen LogP) is 2.72. The van der Waals surface area contributed by atoms with E-state index in [0.29, 0.717) is 6.61 Å². The molecule has 0 aromatic carbocycles. The van der Waals surface area contributed by atoms with E-state index < -0.39 is 6.10 Å². The number of aliphatic hydroxyl groups excluding tert-OH is 1. The van der Waals surface area contributed by atoms with Crippen LogP contribution in [0.3, 0.4) is 0 Å². The number of hydrogen-bond acceptors (Lipinski definition) is 4. The summed E-state index contributed by atoms with van der Waals surface area (Å²) in [5.41, 5.74) is 1.60. The molecular formula is C13H22N2O2. The van der Waals surface area contributed by atoms with Crippen molar-refractivity contribution in [1.29, 1.82) is 0 Å². The van der Waals surface area contributed by atoms with Crippen molar-refractivity contribution in [2.75, 3.05) is 6.61 Å². The van der Waals surface area contributed by atoms with Crippen molar-refractivity contribution in [3.8, 4) is 0 Å². The second-order valence-corrected chi connectivity index (χ2v) is 4.18. The third kappa shape index (κ3) is 3.75. The Kier molecular flexibility index (Phi) is 5.51. The first kappa shape index (κ1) is 14.1. The Morgan fingerprint density at radius 2 is 2.12 bits per heavy atom. The van der Waals surface area contributed by atoms with E-state index in [2.05, 4.69) is 16.9 Å². The van der Waals surface area contributed by atoms with Crippen molar-refractivity contribution < 1.29 is 9.84 Å². The van der Waals surface area contributed by atoms with Gasteiger partial charge in [0.2, 0.25) is 0 Å². The monoisotopic (exact) mass is 238 g/mol. The number of aromatic nitrogens is 2. The van der Waals surface area contributed by atoms with Crippen LogP contribution in [0.4, 0.5) is 0 Å². The second kappa shape index (κ2) is 6.67. The molecule has 0 spiro atoms. The third-order valence-corrected chi connectivity index (χ3v) is 2.69. The largest absolute Gasteiger partial charge is 0.389 e. The second-order valence-electron chi connectivity index (χ2n) is 4.18. The normalized spacial score (nSPS) is 14.6. The molecule has 0 aliphatic carbocycles. The first-order chi connectivity index (χ1) is 8.10. The lowest BCUT2D eigenvalue weighted by molar-refractivity contribution is 0.0491. The highest BCUT2D eigenvalue weighted by molar-refractivity contribution is 5.18. The summed E-state index contributed by atoms with van der Waals surface area (Å²) in [4.78, 5) is 8.74. The number of ether oxygens (including phenoxy) is 1. The lowest BCUT2D eigenvalue weighted by Gasteiger charge is -2.16. The molecule has 0 saturated heterocycles. The Morgan fingerprint density at radius 3 is 2.59 bits per heavy atom. The molecule has 1 heterocycles. The summed E-state index contributed by atoms with van der Waals surface area (Å²) in [7, 11) is 0. The average molecular weight is 238 g/mol. The summed E-state index contributed by atoms with van der Waals surface area (Å²) in [5.74, 6) is 0.718. The molecule has 1 rings (SSSR count). The van der Waals surface area contributed by atoms with Gasteiger partial charge in [0.25, 0.3) is 0 Å². The summed E-state index contributed by atoms with van der Waals surface area (Å²) >= 11 is 0. The maximum Gasteiger partial charge on any atom is 0.157 e. The number of nitrogens with zero attached hydrogens (tertiary/aromatic N) is 2. The SMILES string of the molecule is CCCC(OCC)c1ncc(C(C)O)c(C)n1. The number of hydrogen-bond donors (Lipinski definition) is 1. The molecule has 2 unspecified atom stereocenters. The molecule has 0 aliphatic rings. The van der Waals surface area contributed by atoms with Crippen molar-refractivity contribution in [3.05, 3.63) is 23.3 Å². The van der Waals surface area contributed by atoms with Gasteiger partial charge in [0.05, 0.1) is 6.10 Å². The van der Waals surface area contributed by atoms with Crippen LogP contribution in [-0.2, 0) is 4.74 Å². The van der Waals surface area contributed by atoms with E-state index in [1.807, 2.05) is 13.8 Å². The molecule has 96 valence electrons. The van der Waals surface area contributed by atoms with Crippen molar-refractivity contribution in [2.24, 2.45) is 0 Å². The Bertz CT molecular complexity index is 347. The predicted molar refractivity (Wildman–Crippen MR) is 66.7 cm³/mol. The molecular weight excluding hydrogens is 216 g/mol. The fraction of sp³-hybridized carbons (Fsp3) is 0.692. The highest BCUT2D eigenvalue weighted by Gasteiger charge is 2.16. The van der Waals surface area contributed by atoms with Crippen LogP contribution >= 0.6 is 0 Å². The van der Waals surface area contributed by atoms with Crippen LogP contribution < -0.4 is 0 Å². The Morgan fingerprint density at radius 1 is 1.41 bits per heavy atom. The zero-order valence-electron chi connectivity index (χ0n) is 11.1. The maximum atomic E-state index is 9.53. The van der Waals surface area contributed by atoms with Gasteiger partial charge in [-0.05, 0) is 27.2 Å². The van der Waals surface area contributed by atoms with Gasteiger partial charge in [-0.1, -0.05) is 13.3 Å². The highest BCUT2D eigenvalue weighted by Crippen LogP contribution is 2.22. The topological polar surface area (TPSA) is 55.2 Å². The lowest BCUT2D eigenvalue weighted by atomic mass is 10.1. The van der Waals surface area contributed by atoms with Gasteiger partial charge in [-0.15, -0.1) is 0 Å². The zero-order chi connectivity index (χ0) is 12.8. The molecule has 4 nitrogen and oxygen atoms in total. The average Bonchev–Trinajstić information content (AvgIpc) is 2.28. The summed E-state index contributed by atoms with van der Waals surface area (Å²) in [5, 5.41) is 9.53. The van der Waals surface area contributed by atoms with E-state index in [1.54, 1.807) is 13.1 Å². The zero-order valence-corrected chi connectivity index (χ0v) is 11.1. The molecule has 0 radical (unpaired) electrons. The van der Waals surface area contributed by atoms with Crippen molar-refractivity contribution in [2.45, 2.75) is 52.7 Å². The van der Waals surface area contributed by atoms with E-state index in [9.17, 15) is 5.11 Å². The summed E-state index contributed by atoms with van der Waals surface area (Å²) in [6.45, 7) is 8.35. The van der Waals surface area contributed by atoms with Gasteiger partial charge in [-0.2, -0.15) is 0 Å². The van der Waals surface area contributed by atoms with E-state index in [1.165, 1.54) is 0 Å². The van der Waals surface area contributed by atoms with Gasteiger partial charge in [0, 0.05) is 24.1 Å². The molecule has 0 saturated carbocycles. The first-order valence-electron chi connectivity index (χ1n) is 6.23. The van der Waals surface area contributed by atoms with E-state index >= 15 is 0 Å². The van der Waals surface area contributed by atoms with E-state index in [0.717, 1.165) is 29.9 Å². The van der Waals surface area contributed by atoms with E-state index in [-0.39, 0.29) is 6.10 Å². The molecule has 1 aromatic heterocycles. The molecule has 4 heteroatoms. The van der Waals surface area contributed by atoms with Gasteiger partial charge in [-0.25, -0.2) is 9.97 Å². The Labute approximate surface area is 103 Å². The number of aryl methyl sites for hydroxylation is 1. The molecule has 1 N–H and O–H groups in total.